The number of fused-ring (bicyclic) bond motifs is 1. The molecule has 0 unspecified atom stereocenters. The number of carbonyl (C=O) groups is 1. The molecule has 10 nitrogen and oxygen atoms in total. The van der Waals surface area contributed by atoms with E-state index in [2.05, 4.69) is 37.8 Å². The molecule has 10 heteroatoms. The van der Waals surface area contributed by atoms with Gasteiger partial charge in [0.15, 0.2) is 11.6 Å². The van der Waals surface area contributed by atoms with Crippen LogP contribution in [0.5, 0.6) is 0 Å². The highest BCUT2D eigenvalue weighted by molar-refractivity contribution is 6.02. The van der Waals surface area contributed by atoms with Crippen LogP contribution in [0.2, 0.25) is 0 Å². The topological polar surface area (TPSA) is 131 Å². The molecule has 1 amide bonds. The Balaban J connectivity index is 1.48. The normalized spacial score (nSPS) is 11.7. The van der Waals surface area contributed by atoms with Crippen LogP contribution in [0.25, 0.3) is 22.2 Å². The summed E-state index contributed by atoms with van der Waals surface area (Å²) in [6.07, 6.45) is 7.06. The van der Waals surface area contributed by atoms with Crippen LogP contribution in [-0.2, 0) is 18.3 Å². The average molecular weight is 462 g/mol. The predicted molar refractivity (Wildman–Crippen MR) is 129 cm³/mol. The molecule has 0 aliphatic carbocycles. The minimum atomic E-state index is -0.672. The van der Waals surface area contributed by atoms with Crippen molar-refractivity contribution in [2.45, 2.75) is 39.5 Å². The minimum absolute atomic E-state index is 0.391. The molecule has 1 aromatic carbocycles. The number of anilines is 2. The van der Waals surface area contributed by atoms with Crippen LogP contribution in [-0.4, -0.2) is 35.9 Å². The Bertz CT molecular complexity index is 1340. The summed E-state index contributed by atoms with van der Waals surface area (Å²) in [6, 6.07) is 9.36. The second kappa shape index (κ2) is 10.2. The molecule has 0 aliphatic heterocycles. The van der Waals surface area contributed by atoms with E-state index in [1.54, 1.807) is 17.8 Å². The Kier molecular flexibility index (Phi) is 6.86. The molecule has 34 heavy (non-hydrogen) atoms. The van der Waals surface area contributed by atoms with Crippen molar-refractivity contribution < 1.29 is 14.4 Å². The maximum atomic E-state index is 12.5. The number of aliphatic hydroxyl groups is 1. The number of pyridine rings is 1. The Morgan fingerprint density at radius 3 is 2.85 bits per heavy atom. The number of amides is 1. The molecule has 0 fully saturated rings. The molecule has 0 saturated carbocycles. The van der Waals surface area contributed by atoms with Gasteiger partial charge in [0.1, 0.15) is 5.82 Å². The summed E-state index contributed by atoms with van der Waals surface area (Å²) in [5.74, 6) is 0.629. The quantitative estimate of drug-likeness (QED) is 0.188. The lowest BCUT2D eigenvalue weighted by Gasteiger charge is -2.07. The summed E-state index contributed by atoms with van der Waals surface area (Å²) < 4.78 is 6.81. The van der Waals surface area contributed by atoms with Crippen molar-refractivity contribution in [3.63, 3.8) is 0 Å². The zero-order valence-corrected chi connectivity index (χ0v) is 19.4. The average Bonchev–Trinajstić information content (AvgIpc) is 3.42. The van der Waals surface area contributed by atoms with Gasteiger partial charge < -0.3 is 20.3 Å². The van der Waals surface area contributed by atoms with Gasteiger partial charge in [-0.15, -0.1) is 0 Å². The zero-order valence-electron chi connectivity index (χ0n) is 19.4. The lowest BCUT2D eigenvalue weighted by Crippen LogP contribution is -2.15. The summed E-state index contributed by atoms with van der Waals surface area (Å²) in [6.45, 7) is 3.88. The second-order valence-corrected chi connectivity index (χ2v) is 7.96. The van der Waals surface area contributed by atoms with E-state index in [9.17, 15) is 9.90 Å². The minimum Gasteiger partial charge on any atom is -0.502 e. The second-order valence-electron chi connectivity index (χ2n) is 7.96. The SMILES string of the molecule is CCCCCc1cc(NC(=O)C(O)=CNc2nccc3ccc(-c4noc(C)n4)cc23)nn1C. The lowest BCUT2D eigenvalue weighted by atomic mass is 10.1. The number of hydrogen-bond acceptors (Lipinski definition) is 8. The summed E-state index contributed by atoms with van der Waals surface area (Å²) in [5, 5.41) is 25.8. The molecule has 176 valence electrons. The molecule has 3 N–H and O–H groups in total. The number of unbranched alkanes of at least 4 members (excludes halogenated alkanes) is 2. The van der Waals surface area contributed by atoms with Gasteiger partial charge in [-0.05, 0) is 30.4 Å². The molecular formula is C24H27N7O3. The van der Waals surface area contributed by atoms with Gasteiger partial charge in [-0.25, -0.2) is 4.98 Å². The molecular weight excluding hydrogens is 434 g/mol. The first-order valence-corrected chi connectivity index (χ1v) is 11.1. The number of nitrogens with zero attached hydrogens (tertiary/aromatic N) is 5. The molecule has 0 saturated heterocycles. The van der Waals surface area contributed by atoms with E-state index in [-0.39, 0.29) is 0 Å². The Labute approximate surface area is 196 Å². The van der Waals surface area contributed by atoms with Crippen LogP contribution in [0.4, 0.5) is 11.6 Å². The van der Waals surface area contributed by atoms with Gasteiger partial charge in [0.05, 0.1) is 6.20 Å². The molecule has 0 aliphatic rings. The number of nitrogens with one attached hydrogen (secondary N) is 2. The molecule has 4 rings (SSSR count). The molecule has 3 heterocycles. The third-order valence-corrected chi connectivity index (χ3v) is 5.38. The van der Waals surface area contributed by atoms with Crippen molar-refractivity contribution in [1.82, 2.24) is 24.9 Å². The molecule has 0 radical (unpaired) electrons. The van der Waals surface area contributed by atoms with Crippen molar-refractivity contribution in [3.05, 3.63) is 60.1 Å². The maximum Gasteiger partial charge on any atom is 0.293 e. The Hall–Kier alpha value is -4.21. The highest BCUT2D eigenvalue weighted by Crippen LogP contribution is 2.26. The van der Waals surface area contributed by atoms with Crippen molar-refractivity contribution in [2.24, 2.45) is 7.05 Å². The van der Waals surface area contributed by atoms with E-state index in [4.69, 9.17) is 4.52 Å². The van der Waals surface area contributed by atoms with Crippen molar-refractivity contribution in [2.75, 3.05) is 10.6 Å². The number of rotatable bonds is 9. The van der Waals surface area contributed by atoms with Gasteiger partial charge in [0, 0.05) is 42.9 Å². The first-order chi connectivity index (χ1) is 16.4. The molecule has 0 spiro atoms. The molecule has 3 aromatic heterocycles. The van der Waals surface area contributed by atoms with Crippen molar-refractivity contribution >= 4 is 28.3 Å². The van der Waals surface area contributed by atoms with Crippen molar-refractivity contribution in [3.8, 4) is 11.4 Å². The van der Waals surface area contributed by atoms with Gasteiger partial charge >= 0.3 is 0 Å². The van der Waals surface area contributed by atoms with Crippen LogP contribution in [0.15, 0.2) is 53.0 Å². The highest BCUT2D eigenvalue weighted by Gasteiger charge is 2.13. The first kappa shape index (κ1) is 23.0. The third-order valence-electron chi connectivity index (χ3n) is 5.38. The number of hydrogen-bond donors (Lipinski definition) is 3. The largest absolute Gasteiger partial charge is 0.502 e. The van der Waals surface area contributed by atoms with E-state index in [1.165, 1.54) is 6.20 Å². The summed E-state index contributed by atoms with van der Waals surface area (Å²) in [7, 11) is 1.84. The van der Waals surface area contributed by atoms with E-state index < -0.39 is 11.7 Å². The van der Waals surface area contributed by atoms with Crippen molar-refractivity contribution in [1.29, 1.82) is 0 Å². The standard InChI is InChI=1S/C24H27N7O3/c1-4-5-6-7-18-13-21(29-31(18)3)28-24(33)20(32)14-26-23-19-12-17(22-27-15(2)34-30-22)9-8-16(19)10-11-25-23/h8-14,32H,4-7H2,1-3H3,(H,25,26)(H,28,29,33). The number of aliphatic hydroxyl groups excluding tert-OH is 1. The number of aryl methyl sites for hydroxylation is 3. The van der Waals surface area contributed by atoms with Crippen LogP contribution in [0, 0.1) is 6.92 Å². The third kappa shape index (κ3) is 5.22. The fourth-order valence-electron chi connectivity index (χ4n) is 3.58. The lowest BCUT2D eigenvalue weighted by molar-refractivity contribution is -0.115. The smallest absolute Gasteiger partial charge is 0.293 e. The van der Waals surface area contributed by atoms with Gasteiger partial charge in [-0.1, -0.05) is 37.1 Å². The van der Waals surface area contributed by atoms with Gasteiger partial charge in [0.25, 0.3) is 5.91 Å². The fraction of sp³-hybridized carbons (Fsp3) is 0.292. The summed E-state index contributed by atoms with van der Waals surface area (Å²) >= 11 is 0. The van der Waals surface area contributed by atoms with Gasteiger partial charge in [0.2, 0.25) is 11.7 Å². The molecule has 0 atom stereocenters. The van der Waals surface area contributed by atoms with Crippen LogP contribution in [0.3, 0.4) is 0 Å². The van der Waals surface area contributed by atoms with Crippen LogP contribution >= 0.6 is 0 Å². The fourth-order valence-corrected chi connectivity index (χ4v) is 3.58. The van der Waals surface area contributed by atoms with Crippen LogP contribution in [0.1, 0.15) is 37.8 Å². The summed E-state index contributed by atoms with van der Waals surface area (Å²) in [5.41, 5.74) is 1.79. The number of benzene rings is 1. The monoisotopic (exact) mass is 461 g/mol. The Morgan fingerprint density at radius 1 is 1.24 bits per heavy atom. The maximum absolute atomic E-state index is 12.5. The van der Waals surface area contributed by atoms with E-state index in [0.717, 1.165) is 47.7 Å². The van der Waals surface area contributed by atoms with E-state index >= 15 is 0 Å². The first-order valence-electron chi connectivity index (χ1n) is 11.1. The number of carbonyl (C=O) groups excluding carboxylic acids is 1. The van der Waals surface area contributed by atoms with Gasteiger partial charge in [-0.3, -0.25) is 9.48 Å². The van der Waals surface area contributed by atoms with Crippen LogP contribution < -0.4 is 10.6 Å². The molecule has 0 bridgehead atoms. The highest BCUT2D eigenvalue weighted by atomic mass is 16.5. The van der Waals surface area contributed by atoms with E-state index in [0.29, 0.717) is 23.4 Å². The van der Waals surface area contributed by atoms with E-state index in [1.807, 2.05) is 37.4 Å². The zero-order chi connectivity index (χ0) is 24.1. The predicted octanol–water partition coefficient (Wildman–Crippen LogP) is 4.51. The van der Waals surface area contributed by atoms with Gasteiger partial charge in [-0.2, -0.15) is 10.1 Å². The number of aromatic nitrogens is 5. The molecule has 4 aromatic rings. The summed E-state index contributed by atoms with van der Waals surface area (Å²) in [4.78, 5) is 21.0. The Morgan fingerprint density at radius 2 is 2.09 bits per heavy atom.